The van der Waals surface area contributed by atoms with Crippen LogP contribution in [0.4, 0.5) is 11.4 Å². The summed E-state index contributed by atoms with van der Waals surface area (Å²) < 4.78 is 11.6. The summed E-state index contributed by atoms with van der Waals surface area (Å²) in [6.07, 6.45) is 2.46. The molecule has 0 unspecified atom stereocenters. The maximum atomic E-state index is 6.45. The quantitative estimate of drug-likeness (QED) is 0.688. The van der Waals surface area contributed by atoms with Gasteiger partial charge in [-0.15, -0.1) is 0 Å². The topological polar surface area (TPSA) is 80.2 Å². The number of nitrogens with zero attached hydrogens (tertiary/aromatic N) is 3. The molecule has 4 rings (SSSR count). The van der Waals surface area contributed by atoms with E-state index in [4.69, 9.17) is 21.1 Å². The van der Waals surface area contributed by atoms with E-state index < -0.39 is 0 Å². The molecule has 1 aromatic rings. The molecular weight excluding hydrogens is 354 g/mol. The highest BCUT2D eigenvalue weighted by atomic mass is 16.5. The molecule has 0 radical (unpaired) electrons. The van der Waals surface area contributed by atoms with Gasteiger partial charge in [0, 0.05) is 38.3 Å². The van der Waals surface area contributed by atoms with E-state index in [1.54, 1.807) is 7.11 Å². The van der Waals surface area contributed by atoms with E-state index in [0.29, 0.717) is 31.1 Å². The Morgan fingerprint density at radius 1 is 1.25 bits per heavy atom. The van der Waals surface area contributed by atoms with E-state index in [1.807, 2.05) is 11.9 Å². The van der Waals surface area contributed by atoms with E-state index in [1.165, 1.54) is 29.8 Å². The van der Waals surface area contributed by atoms with Gasteiger partial charge in [0.15, 0.2) is 5.75 Å². The number of hydrazine groups is 1. The second kappa shape index (κ2) is 8.06. The van der Waals surface area contributed by atoms with Gasteiger partial charge in [0.05, 0.1) is 31.8 Å². The van der Waals surface area contributed by atoms with Crippen molar-refractivity contribution in [1.29, 1.82) is 0 Å². The number of nitrogens with two attached hydrogens (primary N) is 2. The van der Waals surface area contributed by atoms with Crippen LogP contribution in [0.25, 0.3) is 0 Å². The molecule has 0 aromatic heterocycles. The van der Waals surface area contributed by atoms with Gasteiger partial charge in [-0.1, -0.05) is 13.0 Å². The number of anilines is 2. The second-order valence-corrected chi connectivity index (χ2v) is 8.58. The third-order valence-corrected chi connectivity index (χ3v) is 6.46. The van der Waals surface area contributed by atoms with Gasteiger partial charge in [0.1, 0.15) is 0 Å². The number of rotatable bonds is 7. The van der Waals surface area contributed by atoms with Crippen LogP contribution in [0.5, 0.6) is 5.75 Å². The van der Waals surface area contributed by atoms with Crippen molar-refractivity contribution < 1.29 is 9.47 Å². The Morgan fingerprint density at radius 3 is 2.71 bits per heavy atom. The minimum absolute atomic E-state index is 0.0670. The Kier molecular flexibility index (Phi) is 5.69. The summed E-state index contributed by atoms with van der Waals surface area (Å²) in [7, 11) is 1.79. The molecule has 0 amide bonds. The van der Waals surface area contributed by atoms with Crippen LogP contribution in [0.15, 0.2) is 12.1 Å². The first-order chi connectivity index (χ1) is 13.5. The van der Waals surface area contributed by atoms with Crippen molar-refractivity contribution in [1.82, 2.24) is 5.01 Å². The Morgan fingerprint density at radius 2 is 2.04 bits per heavy atom. The van der Waals surface area contributed by atoms with Crippen molar-refractivity contribution in [2.75, 3.05) is 49.9 Å². The van der Waals surface area contributed by atoms with Gasteiger partial charge in [-0.3, -0.25) is 5.84 Å². The minimum atomic E-state index is 0.0670. The predicted octanol–water partition coefficient (Wildman–Crippen LogP) is 1.75. The predicted molar refractivity (Wildman–Crippen MR) is 112 cm³/mol. The van der Waals surface area contributed by atoms with Gasteiger partial charge >= 0.3 is 0 Å². The minimum Gasteiger partial charge on any atom is -0.492 e. The summed E-state index contributed by atoms with van der Waals surface area (Å²) in [6, 6.07) is 5.07. The molecule has 1 saturated carbocycles. The van der Waals surface area contributed by atoms with Gasteiger partial charge in [0.25, 0.3) is 0 Å². The summed E-state index contributed by atoms with van der Waals surface area (Å²) in [5.41, 5.74) is 10.1. The van der Waals surface area contributed by atoms with Crippen LogP contribution in [0.1, 0.15) is 32.3 Å². The van der Waals surface area contributed by atoms with Crippen molar-refractivity contribution >= 4 is 11.4 Å². The highest BCUT2D eigenvalue weighted by molar-refractivity contribution is 5.77. The van der Waals surface area contributed by atoms with Crippen LogP contribution in [0.2, 0.25) is 0 Å². The summed E-state index contributed by atoms with van der Waals surface area (Å²) in [4.78, 5) is 4.87. The molecule has 1 saturated heterocycles. The highest BCUT2D eigenvalue weighted by Gasteiger charge is 2.39. The van der Waals surface area contributed by atoms with E-state index in [9.17, 15) is 0 Å². The summed E-state index contributed by atoms with van der Waals surface area (Å²) in [5.74, 6) is 8.12. The molecule has 1 aliphatic carbocycles. The summed E-state index contributed by atoms with van der Waals surface area (Å²) >= 11 is 0. The first-order valence-electron chi connectivity index (χ1n) is 10.6. The number of ether oxygens (including phenoxy) is 2. The molecule has 7 heteroatoms. The Hall–Kier alpha value is -1.54. The lowest BCUT2D eigenvalue weighted by molar-refractivity contribution is 0.113. The first kappa shape index (κ1) is 19.8. The zero-order chi connectivity index (χ0) is 19.8. The number of fused-ring (bicyclic) bond motifs is 1. The number of benzene rings is 1. The van der Waals surface area contributed by atoms with Gasteiger partial charge in [-0.2, -0.15) is 0 Å². The SMILES string of the molecule is CCOC[C@H](N)[C@H]1CN(c2ccc3c(c2OC)N(C2CC2)CN(N)C3)C[C@H]1C. The van der Waals surface area contributed by atoms with Crippen molar-refractivity contribution in [3.05, 3.63) is 17.7 Å². The molecule has 1 aromatic carbocycles. The van der Waals surface area contributed by atoms with Crippen LogP contribution >= 0.6 is 0 Å². The Labute approximate surface area is 168 Å². The largest absolute Gasteiger partial charge is 0.492 e. The van der Waals surface area contributed by atoms with Crippen LogP contribution in [-0.4, -0.2) is 57.2 Å². The molecular formula is C21H35N5O2. The van der Waals surface area contributed by atoms with Crippen LogP contribution in [-0.2, 0) is 11.3 Å². The fraction of sp³-hybridized carbons (Fsp3) is 0.714. The Bertz CT molecular complexity index is 696. The molecule has 2 fully saturated rings. The molecule has 0 spiro atoms. The van der Waals surface area contributed by atoms with Gasteiger partial charge in [-0.05, 0) is 43.2 Å². The molecule has 3 aliphatic rings. The third kappa shape index (κ3) is 3.68. The van der Waals surface area contributed by atoms with Crippen molar-refractivity contribution in [3.63, 3.8) is 0 Å². The fourth-order valence-corrected chi connectivity index (χ4v) is 4.84. The number of hydrogen-bond donors (Lipinski definition) is 2. The average Bonchev–Trinajstić information content (AvgIpc) is 3.46. The molecule has 3 atom stereocenters. The van der Waals surface area contributed by atoms with Gasteiger partial charge in [0.2, 0.25) is 0 Å². The monoisotopic (exact) mass is 389 g/mol. The standard InChI is InChI=1S/C21H35N5O2/c1-4-28-12-18(22)17-11-24(9-14(17)2)19-8-5-15-10-25(23)13-26(16-6-7-16)20(15)21(19)27-3/h5,8,14,16-18H,4,6-7,9-13,22-23H2,1-3H3/t14-,17+,18+/m1/s1. The zero-order valence-electron chi connectivity index (χ0n) is 17.4. The van der Waals surface area contributed by atoms with Gasteiger partial charge in [-0.25, -0.2) is 5.01 Å². The van der Waals surface area contributed by atoms with Crippen LogP contribution in [0.3, 0.4) is 0 Å². The average molecular weight is 390 g/mol. The first-order valence-corrected chi connectivity index (χ1v) is 10.6. The third-order valence-electron chi connectivity index (χ3n) is 6.46. The van der Waals surface area contributed by atoms with E-state index in [2.05, 4.69) is 28.9 Å². The smallest absolute Gasteiger partial charge is 0.165 e. The van der Waals surface area contributed by atoms with E-state index in [-0.39, 0.29) is 6.04 Å². The molecule has 156 valence electrons. The van der Waals surface area contributed by atoms with E-state index >= 15 is 0 Å². The maximum Gasteiger partial charge on any atom is 0.165 e. The molecule has 28 heavy (non-hydrogen) atoms. The van der Waals surface area contributed by atoms with Crippen molar-refractivity contribution in [2.45, 2.75) is 45.3 Å². The molecule has 2 heterocycles. The summed E-state index contributed by atoms with van der Waals surface area (Å²) in [5, 5.41) is 1.89. The van der Waals surface area contributed by atoms with Crippen molar-refractivity contribution in [2.24, 2.45) is 23.4 Å². The lowest BCUT2D eigenvalue weighted by Crippen LogP contribution is -2.47. The zero-order valence-corrected chi connectivity index (χ0v) is 17.4. The Balaban J connectivity index is 1.61. The lowest BCUT2D eigenvalue weighted by atomic mass is 9.91. The van der Waals surface area contributed by atoms with Crippen LogP contribution < -0.4 is 26.1 Å². The maximum absolute atomic E-state index is 6.45. The van der Waals surface area contributed by atoms with Gasteiger partial charge < -0.3 is 25.0 Å². The van der Waals surface area contributed by atoms with E-state index in [0.717, 1.165) is 32.1 Å². The molecule has 4 N–H and O–H groups in total. The molecule has 0 bridgehead atoms. The lowest BCUT2D eigenvalue weighted by Gasteiger charge is -2.38. The summed E-state index contributed by atoms with van der Waals surface area (Å²) in [6.45, 7) is 9.11. The highest BCUT2D eigenvalue weighted by Crippen LogP contribution is 2.47. The molecule has 7 nitrogen and oxygen atoms in total. The fourth-order valence-electron chi connectivity index (χ4n) is 4.84. The second-order valence-electron chi connectivity index (χ2n) is 8.58. The van der Waals surface area contributed by atoms with Crippen molar-refractivity contribution in [3.8, 4) is 5.75 Å². The van der Waals surface area contributed by atoms with Crippen LogP contribution in [0, 0.1) is 11.8 Å². The number of hydrogen-bond acceptors (Lipinski definition) is 7. The normalized spacial score (nSPS) is 26.5. The number of methoxy groups -OCH3 is 1. The molecule has 2 aliphatic heterocycles.